The summed E-state index contributed by atoms with van der Waals surface area (Å²) < 4.78 is 0. The van der Waals surface area contributed by atoms with Crippen LogP contribution in [0.4, 0.5) is 0 Å². The second kappa shape index (κ2) is 5.02. The first-order valence-corrected chi connectivity index (χ1v) is 9.29. The second-order valence-corrected chi connectivity index (χ2v) is 8.84. The molecule has 0 aromatic carbocycles. The zero-order valence-corrected chi connectivity index (χ0v) is 14.1. The van der Waals surface area contributed by atoms with E-state index in [1.54, 1.807) is 6.08 Å². The summed E-state index contributed by atoms with van der Waals surface area (Å²) >= 11 is 0. The number of ketones is 2. The Bertz CT molecular complexity index is 567. The van der Waals surface area contributed by atoms with Crippen LogP contribution in [0.3, 0.4) is 0 Å². The van der Waals surface area contributed by atoms with Crippen LogP contribution in [0.5, 0.6) is 0 Å². The lowest BCUT2D eigenvalue weighted by molar-refractivity contribution is -0.156. The zero-order chi connectivity index (χ0) is 16.4. The third-order valence-corrected chi connectivity index (χ3v) is 8.04. The first kappa shape index (κ1) is 15.6. The molecule has 3 nitrogen and oxygen atoms in total. The highest BCUT2D eigenvalue weighted by molar-refractivity contribution is 5.85. The molecule has 0 saturated heterocycles. The Morgan fingerprint density at radius 1 is 1.13 bits per heavy atom. The van der Waals surface area contributed by atoms with Crippen LogP contribution >= 0.6 is 0 Å². The fourth-order valence-corrected chi connectivity index (χ4v) is 6.77. The van der Waals surface area contributed by atoms with Crippen molar-refractivity contribution in [1.29, 1.82) is 0 Å². The number of Topliss-reactive ketones (excluding diaryl/α,β-unsaturated/α-hetero) is 2. The smallest absolute Gasteiger partial charge is 0.137 e. The third-order valence-electron chi connectivity index (χ3n) is 8.04. The van der Waals surface area contributed by atoms with E-state index in [2.05, 4.69) is 13.5 Å². The number of carbonyl (C=O) groups is 2. The van der Waals surface area contributed by atoms with E-state index in [0.29, 0.717) is 48.6 Å². The van der Waals surface area contributed by atoms with Crippen LogP contribution in [0.2, 0.25) is 0 Å². The molecule has 0 aromatic heterocycles. The fourth-order valence-electron chi connectivity index (χ4n) is 6.77. The van der Waals surface area contributed by atoms with Gasteiger partial charge in [0.05, 0.1) is 5.60 Å². The first-order valence-electron chi connectivity index (χ1n) is 9.29. The number of fused-ring (bicyclic) bond motifs is 5. The van der Waals surface area contributed by atoms with Crippen LogP contribution in [-0.2, 0) is 9.59 Å². The Labute approximate surface area is 138 Å². The Hall–Kier alpha value is -0.960. The summed E-state index contributed by atoms with van der Waals surface area (Å²) in [5.41, 5.74) is -0.834. The largest absolute Gasteiger partial charge is 0.385 e. The maximum Gasteiger partial charge on any atom is 0.137 e. The molecular formula is C20H28O3. The zero-order valence-electron chi connectivity index (χ0n) is 14.1. The van der Waals surface area contributed by atoms with E-state index < -0.39 is 5.60 Å². The van der Waals surface area contributed by atoms with E-state index in [9.17, 15) is 14.7 Å². The van der Waals surface area contributed by atoms with Gasteiger partial charge >= 0.3 is 0 Å². The molecule has 0 aromatic rings. The molecule has 4 aliphatic rings. The molecule has 5 unspecified atom stereocenters. The highest BCUT2D eigenvalue weighted by atomic mass is 16.3. The van der Waals surface area contributed by atoms with Gasteiger partial charge in [-0.25, -0.2) is 0 Å². The van der Waals surface area contributed by atoms with Gasteiger partial charge in [-0.2, -0.15) is 0 Å². The van der Waals surface area contributed by atoms with Crippen molar-refractivity contribution in [3.63, 3.8) is 0 Å². The summed E-state index contributed by atoms with van der Waals surface area (Å²) in [5, 5.41) is 10.8. The van der Waals surface area contributed by atoms with Gasteiger partial charge in [-0.1, -0.05) is 13.0 Å². The van der Waals surface area contributed by atoms with E-state index in [1.807, 2.05) is 0 Å². The monoisotopic (exact) mass is 316 g/mol. The SMILES string of the molecule is C=C[C@]1(O)CCC2C3CC[C@H]4CC(=O)CCC4(C)C3C(=O)CC21. The average molecular weight is 316 g/mol. The van der Waals surface area contributed by atoms with Crippen LogP contribution in [0.1, 0.15) is 58.3 Å². The summed E-state index contributed by atoms with van der Waals surface area (Å²) in [4.78, 5) is 25.0. The first-order chi connectivity index (χ1) is 10.9. The molecule has 126 valence electrons. The predicted molar refractivity (Wildman–Crippen MR) is 87.7 cm³/mol. The van der Waals surface area contributed by atoms with Crippen LogP contribution in [0.15, 0.2) is 12.7 Å². The molecule has 0 heterocycles. The van der Waals surface area contributed by atoms with Crippen molar-refractivity contribution >= 4 is 11.6 Å². The van der Waals surface area contributed by atoms with Crippen molar-refractivity contribution in [3.8, 4) is 0 Å². The van der Waals surface area contributed by atoms with Gasteiger partial charge in [0.15, 0.2) is 0 Å². The second-order valence-electron chi connectivity index (χ2n) is 8.84. The van der Waals surface area contributed by atoms with E-state index >= 15 is 0 Å². The Morgan fingerprint density at radius 3 is 2.65 bits per heavy atom. The average Bonchev–Trinajstić information content (AvgIpc) is 2.86. The molecule has 0 spiro atoms. The van der Waals surface area contributed by atoms with E-state index in [4.69, 9.17) is 0 Å². The molecule has 1 N–H and O–H groups in total. The normalized spacial score (nSPS) is 52.5. The van der Waals surface area contributed by atoms with Gasteiger partial charge < -0.3 is 5.11 Å². The molecule has 0 radical (unpaired) electrons. The lowest BCUT2D eigenvalue weighted by Gasteiger charge is -2.57. The summed E-state index contributed by atoms with van der Waals surface area (Å²) in [6.45, 7) is 6.09. The summed E-state index contributed by atoms with van der Waals surface area (Å²) in [6, 6.07) is 0. The number of aliphatic hydroxyl groups is 1. The van der Waals surface area contributed by atoms with Gasteiger partial charge in [0.2, 0.25) is 0 Å². The standard InChI is InChI=1S/C20H28O3/c1-3-20(23)9-7-14-15-5-4-12-10-13(21)6-8-19(12,2)18(15)17(22)11-16(14)20/h3,12,14-16,18,23H,1,4-11H2,2H3/t12-,14?,15?,16?,18?,19?,20-/m0/s1. The minimum absolute atomic E-state index is 0.00770. The van der Waals surface area contributed by atoms with Gasteiger partial charge in [0, 0.05) is 31.1 Å². The molecule has 4 rings (SSSR count). The Kier molecular flexibility index (Phi) is 3.39. The number of rotatable bonds is 1. The van der Waals surface area contributed by atoms with Gasteiger partial charge in [-0.15, -0.1) is 6.58 Å². The quantitative estimate of drug-likeness (QED) is 0.755. The minimum Gasteiger partial charge on any atom is -0.385 e. The lowest BCUT2D eigenvalue weighted by atomic mass is 9.46. The number of hydrogen-bond acceptors (Lipinski definition) is 3. The highest BCUT2D eigenvalue weighted by Crippen LogP contribution is 2.63. The maximum absolute atomic E-state index is 13.1. The molecule has 0 aliphatic heterocycles. The summed E-state index contributed by atoms with van der Waals surface area (Å²) in [5.74, 6) is 2.17. The number of hydrogen-bond donors (Lipinski definition) is 1. The van der Waals surface area contributed by atoms with Crippen molar-refractivity contribution in [2.75, 3.05) is 0 Å². The van der Waals surface area contributed by atoms with Gasteiger partial charge in [0.1, 0.15) is 11.6 Å². The van der Waals surface area contributed by atoms with E-state index in [-0.39, 0.29) is 17.3 Å². The topological polar surface area (TPSA) is 54.4 Å². The summed E-state index contributed by atoms with van der Waals surface area (Å²) in [6.07, 6.45) is 8.29. The molecule has 3 heteroatoms. The van der Waals surface area contributed by atoms with Crippen LogP contribution in [-0.4, -0.2) is 22.3 Å². The fraction of sp³-hybridized carbons (Fsp3) is 0.800. The van der Waals surface area contributed by atoms with Gasteiger partial charge in [-0.05, 0) is 55.3 Å². The van der Waals surface area contributed by atoms with E-state index in [1.165, 1.54) is 0 Å². The van der Waals surface area contributed by atoms with Crippen molar-refractivity contribution < 1.29 is 14.7 Å². The molecule has 7 atom stereocenters. The Balaban J connectivity index is 1.68. The molecule has 4 fully saturated rings. The molecule has 4 aliphatic carbocycles. The predicted octanol–water partition coefficient (Wildman–Crippen LogP) is 3.30. The molecule has 23 heavy (non-hydrogen) atoms. The molecule has 4 saturated carbocycles. The lowest BCUT2D eigenvalue weighted by Crippen LogP contribution is -2.56. The van der Waals surface area contributed by atoms with Crippen LogP contribution in [0.25, 0.3) is 0 Å². The highest BCUT2D eigenvalue weighted by Gasteiger charge is 2.61. The van der Waals surface area contributed by atoms with Crippen molar-refractivity contribution in [3.05, 3.63) is 12.7 Å². The van der Waals surface area contributed by atoms with Gasteiger partial charge in [-0.3, -0.25) is 9.59 Å². The summed E-state index contributed by atoms with van der Waals surface area (Å²) in [7, 11) is 0. The molecule has 0 amide bonds. The van der Waals surface area contributed by atoms with Crippen LogP contribution < -0.4 is 0 Å². The van der Waals surface area contributed by atoms with Crippen molar-refractivity contribution in [2.45, 2.75) is 63.9 Å². The van der Waals surface area contributed by atoms with Crippen molar-refractivity contribution in [2.24, 2.45) is 35.0 Å². The Morgan fingerprint density at radius 2 is 1.91 bits per heavy atom. The maximum atomic E-state index is 13.1. The van der Waals surface area contributed by atoms with Crippen molar-refractivity contribution in [1.82, 2.24) is 0 Å². The number of carbonyl (C=O) groups excluding carboxylic acids is 2. The third kappa shape index (κ3) is 2.05. The minimum atomic E-state index is -0.842. The van der Waals surface area contributed by atoms with Gasteiger partial charge in [0.25, 0.3) is 0 Å². The van der Waals surface area contributed by atoms with E-state index in [0.717, 1.165) is 32.1 Å². The molecule has 0 bridgehead atoms. The molecular weight excluding hydrogens is 288 g/mol. The van der Waals surface area contributed by atoms with Crippen LogP contribution in [0, 0.1) is 35.0 Å².